The number of hydrogen-bond acceptors (Lipinski definition) is 4. The van der Waals surface area contributed by atoms with E-state index in [2.05, 4.69) is 5.32 Å². The molecule has 1 amide bonds. The van der Waals surface area contributed by atoms with E-state index in [4.69, 9.17) is 15.6 Å². The molecule has 16 heavy (non-hydrogen) atoms. The number of rotatable bonds is 2. The summed E-state index contributed by atoms with van der Waals surface area (Å²) in [5.74, 6) is -1.03. The Balaban J connectivity index is 2.33. The van der Waals surface area contributed by atoms with Crippen molar-refractivity contribution in [2.45, 2.75) is 50.8 Å². The lowest BCUT2D eigenvalue weighted by atomic mass is 9.73. The number of carboxylic acid groups (broad SMARTS) is 1. The van der Waals surface area contributed by atoms with Crippen molar-refractivity contribution >= 4 is 12.1 Å². The molecule has 0 radical (unpaired) electrons. The van der Waals surface area contributed by atoms with Crippen molar-refractivity contribution in [3.05, 3.63) is 0 Å². The highest BCUT2D eigenvalue weighted by Crippen LogP contribution is 2.30. The summed E-state index contributed by atoms with van der Waals surface area (Å²) >= 11 is 0. The minimum absolute atomic E-state index is 0.212. The van der Waals surface area contributed by atoms with Crippen LogP contribution >= 0.6 is 0 Å². The highest BCUT2D eigenvalue weighted by atomic mass is 16.6. The summed E-state index contributed by atoms with van der Waals surface area (Å²) in [4.78, 5) is 22.0. The van der Waals surface area contributed by atoms with Crippen LogP contribution in [0, 0.1) is 0 Å². The number of ether oxygens (including phenoxy) is 1. The second-order valence-corrected chi connectivity index (χ2v) is 5.21. The Bertz CT molecular complexity index is 302. The van der Waals surface area contributed by atoms with E-state index in [1.54, 1.807) is 20.8 Å². The minimum Gasteiger partial charge on any atom is -0.480 e. The van der Waals surface area contributed by atoms with Crippen LogP contribution in [0.1, 0.15) is 33.6 Å². The van der Waals surface area contributed by atoms with Gasteiger partial charge < -0.3 is 20.9 Å². The highest BCUT2D eigenvalue weighted by molar-refractivity contribution is 5.80. The van der Waals surface area contributed by atoms with E-state index >= 15 is 0 Å². The van der Waals surface area contributed by atoms with Crippen LogP contribution in [-0.2, 0) is 9.53 Å². The van der Waals surface area contributed by atoms with Gasteiger partial charge in [-0.1, -0.05) is 0 Å². The zero-order valence-electron chi connectivity index (χ0n) is 9.74. The Morgan fingerprint density at radius 2 is 1.94 bits per heavy atom. The molecule has 0 atom stereocenters. The first-order chi connectivity index (χ1) is 7.12. The summed E-state index contributed by atoms with van der Waals surface area (Å²) in [6.45, 7) is 5.29. The molecular formula is C10H18N2O4. The molecular weight excluding hydrogens is 212 g/mol. The highest BCUT2D eigenvalue weighted by Gasteiger charge is 2.48. The zero-order valence-corrected chi connectivity index (χ0v) is 9.74. The van der Waals surface area contributed by atoms with Crippen LogP contribution < -0.4 is 11.1 Å². The number of carbonyl (C=O) groups excluding carboxylic acids is 1. The molecule has 1 rings (SSSR count). The third kappa shape index (κ3) is 3.10. The molecule has 6 nitrogen and oxygen atoms in total. The van der Waals surface area contributed by atoms with Gasteiger partial charge in [0, 0.05) is 6.04 Å². The number of aliphatic carboxylic acids is 1. The second kappa shape index (κ2) is 3.93. The number of carbonyl (C=O) groups is 2. The Morgan fingerprint density at radius 1 is 1.44 bits per heavy atom. The van der Waals surface area contributed by atoms with Crippen LogP contribution in [0.4, 0.5) is 4.79 Å². The minimum atomic E-state index is -1.19. The van der Waals surface area contributed by atoms with Crippen molar-refractivity contribution in [2.75, 3.05) is 0 Å². The number of amides is 1. The SMILES string of the molecule is CC(C)(C)OC(=O)NC1CC(N)(C(=O)O)C1. The van der Waals surface area contributed by atoms with Gasteiger partial charge >= 0.3 is 12.1 Å². The fraction of sp³-hybridized carbons (Fsp3) is 0.800. The molecule has 0 aromatic carbocycles. The molecule has 92 valence electrons. The number of alkyl carbamates (subject to hydrolysis) is 1. The van der Waals surface area contributed by atoms with Crippen molar-refractivity contribution < 1.29 is 19.4 Å². The van der Waals surface area contributed by atoms with Gasteiger partial charge in [0.25, 0.3) is 0 Å². The van der Waals surface area contributed by atoms with E-state index in [0.29, 0.717) is 0 Å². The maximum absolute atomic E-state index is 11.3. The van der Waals surface area contributed by atoms with Crippen LogP contribution in [-0.4, -0.2) is 34.4 Å². The average molecular weight is 230 g/mol. The topological polar surface area (TPSA) is 102 Å². The van der Waals surface area contributed by atoms with Crippen LogP contribution in [0.3, 0.4) is 0 Å². The van der Waals surface area contributed by atoms with Gasteiger partial charge in [-0.05, 0) is 33.6 Å². The Labute approximate surface area is 94.1 Å². The first-order valence-corrected chi connectivity index (χ1v) is 5.14. The van der Waals surface area contributed by atoms with Gasteiger partial charge in [-0.15, -0.1) is 0 Å². The van der Waals surface area contributed by atoms with Crippen molar-refractivity contribution in [1.82, 2.24) is 5.32 Å². The molecule has 0 aliphatic heterocycles. The molecule has 6 heteroatoms. The lowest BCUT2D eigenvalue weighted by Crippen LogP contribution is -2.64. The average Bonchev–Trinajstić information content (AvgIpc) is 1.96. The van der Waals surface area contributed by atoms with E-state index in [1.165, 1.54) is 0 Å². The number of nitrogens with two attached hydrogens (primary N) is 1. The van der Waals surface area contributed by atoms with Gasteiger partial charge in [-0.25, -0.2) is 4.79 Å². The number of carboxylic acids is 1. The molecule has 0 spiro atoms. The van der Waals surface area contributed by atoms with Crippen molar-refractivity contribution in [2.24, 2.45) is 5.73 Å². The lowest BCUT2D eigenvalue weighted by molar-refractivity contribution is -0.147. The normalized spacial score (nSPS) is 29.1. The van der Waals surface area contributed by atoms with Crippen LogP contribution in [0.15, 0.2) is 0 Å². The van der Waals surface area contributed by atoms with E-state index in [0.717, 1.165) is 0 Å². The summed E-state index contributed by atoms with van der Waals surface area (Å²) in [5, 5.41) is 11.3. The first-order valence-electron chi connectivity index (χ1n) is 5.14. The predicted octanol–water partition coefficient (Wildman–Crippen LogP) is 0.456. The number of nitrogens with one attached hydrogen (secondary N) is 1. The van der Waals surface area contributed by atoms with E-state index < -0.39 is 23.2 Å². The molecule has 0 aromatic rings. The molecule has 0 unspecified atom stereocenters. The fourth-order valence-electron chi connectivity index (χ4n) is 1.57. The third-order valence-corrected chi connectivity index (χ3v) is 2.37. The van der Waals surface area contributed by atoms with E-state index in [-0.39, 0.29) is 18.9 Å². The van der Waals surface area contributed by atoms with Gasteiger partial charge in [0.2, 0.25) is 0 Å². The number of hydrogen-bond donors (Lipinski definition) is 3. The van der Waals surface area contributed by atoms with Gasteiger partial charge in [-0.2, -0.15) is 0 Å². The van der Waals surface area contributed by atoms with Crippen molar-refractivity contribution in [3.63, 3.8) is 0 Å². The molecule has 1 aliphatic carbocycles. The second-order valence-electron chi connectivity index (χ2n) is 5.21. The molecule has 1 fully saturated rings. The lowest BCUT2D eigenvalue weighted by Gasteiger charge is -2.41. The molecule has 0 bridgehead atoms. The van der Waals surface area contributed by atoms with Crippen LogP contribution in [0.5, 0.6) is 0 Å². The Morgan fingerprint density at radius 3 is 2.31 bits per heavy atom. The Hall–Kier alpha value is -1.30. The van der Waals surface area contributed by atoms with Gasteiger partial charge in [0.1, 0.15) is 11.1 Å². The smallest absolute Gasteiger partial charge is 0.407 e. The fourth-order valence-corrected chi connectivity index (χ4v) is 1.57. The summed E-state index contributed by atoms with van der Waals surface area (Å²) < 4.78 is 5.03. The molecule has 0 aromatic heterocycles. The standard InChI is InChI=1S/C10H18N2O4/c1-9(2,3)16-8(15)12-6-4-10(11,5-6)7(13)14/h6H,4-5,11H2,1-3H3,(H,12,15)(H,13,14). The molecule has 1 saturated carbocycles. The zero-order chi connectivity index (χ0) is 12.6. The third-order valence-electron chi connectivity index (χ3n) is 2.37. The van der Waals surface area contributed by atoms with Gasteiger partial charge in [-0.3, -0.25) is 4.79 Å². The maximum Gasteiger partial charge on any atom is 0.407 e. The summed E-state index contributed by atoms with van der Waals surface area (Å²) in [5.41, 5.74) is 3.80. The first kappa shape index (κ1) is 12.8. The van der Waals surface area contributed by atoms with Crippen molar-refractivity contribution in [3.8, 4) is 0 Å². The quantitative estimate of drug-likeness (QED) is 0.639. The monoisotopic (exact) mass is 230 g/mol. The predicted molar refractivity (Wildman–Crippen MR) is 56.9 cm³/mol. The molecule has 0 heterocycles. The van der Waals surface area contributed by atoms with E-state index in [1.807, 2.05) is 0 Å². The summed E-state index contributed by atoms with van der Waals surface area (Å²) in [6, 6.07) is -0.212. The van der Waals surface area contributed by atoms with Crippen LogP contribution in [0.2, 0.25) is 0 Å². The molecule has 0 saturated heterocycles. The van der Waals surface area contributed by atoms with Gasteiger partial charge in [0.05, 0.1) is 0 Å². The maximum atomic E-state index is 11.3. The Kier molecular flexibility index (Phi) is 3.14. The summed E-state index contributed by atoms with van der Waals surface area (Å²) in [7, 11) is 0. The molecule has 1 aliphatic rings. The van der Waals surface area contributed by atoms with Gasteiger partial charge in [0.15, 0.2) is 0 Å². The van der Waals surface area contributed by atoms with Crippen molar-refractivity contribution in [1.29, 1.82) is 0 Å². The molecule has 4 N–H and O–H groups in total. The van der Waals surface area contributed by atoms with E-state index in [9.17, 15) is 9.59 Å². The van der Waals surface area contributed by atoms with Crippen LogP contribution in [0.25, 0.3) is 0 Å². The largest absolute Gasteiger partial charge is 0.480 e. The summed E-state index contributed by atoms with van der Waals surface area (Å²) in [6.07, 6.45) is -0.0617.